The van der Waals surface area contributed by atoms with Crippen LogP contribution in [0.5, 0.6) is 0 Å². The maximum atomic E-state index is 11.8. The second kappa shape index (κ2) is 6.26. The minimum Gasteiger partial charge on any atom is -0.346 e. The van der Waals surface area contributed by atoms with Gasteiger partial charge in [0.15, 0.2) is 5.13 Å². The van der Waals surface area contributed by atoms with E-state index in [0.29, 0.717) is 6.54 Å². The minimum absolute atomic E-state index is 0.0751. The fourth-order valence-electron chi connectivity index (χ4n) is 1.92. The van der Waals surface area contributed by atoms with E-state index in [1.165, 1.54) is 0 Å². The number of nitrogens with one attached hydrogen (secondary N) is 1. The lowest BCUT2D eigenvalue weighted by Gasteiger charge is -2.21. The first-order chi connectivity index (χ1) is 8.81. The molecule has 96 valence electrons. The Kier molecular flexibility index (Phi) is 4.42. The van der Waals surface area contributed by atoms with E-state index in [0.717, 1.165) is 31.2 Å². The van der Waals surface area contributed by atoms with Crippen molar-refractivity contribution in [1.82, 2.24) is 15.2 Å². The quantitative estimate of drug-likeness (QED) is 0.811. The number of urea groups is 1. The van der Waals surface area contributed by atoms with Crippen LogP contribution in [0.15, 0.2) is 11.6 Å². The smallest absolute Gasteiger partial charge is 0.318 e. The number of terminal acetylenes is 1. The maximum Gasteiger partial charge on any atom is 0.318 e. The first-order valence-electron chi connectivity index (χ1n) is 5.92. The van der Waals surface area contributed by atoms with Gasteiger partial charge in [-0.3, -0.25) is 0 Å². The Morgan fingerprint density at radius 1 is 1.50 bits per heavy atom. The van der Waals surface area contributed by atoms with Crippen LogP contribution in [0, 0.1) is 12.3 Å². The molecule has 1 N–H and O–H groups in total. The SMILES string of the molecule is C#CCNC(=O)N1CCCN(c2nccs2)CC1. The van der Waals surface area contributed by atoms with Crippen LogP contribution in [0.3, 0.4) is 0 Å². The number of aromatic nitrogens is 1. The van der Waals surface area contributed by atoms with Gasteiger partial charge in [0, 0.05) is 37.8 Å². The van der Waals surface area contributed by atoms with Gasteiger partial charge in [0.1, 0.15) is 0 Å². The first kappa shape index (κ1) is 12.7. The predicted molar refractivity (Wildman–Crippen MR) is 72.7 cm³/mol. The molecule has 0 atom stereocenters. The molecule has 18 heavy (non-hydrogen) atoms. The summed E-state index contributed by atoms with van der Waals surface area (Å²) in [5.41, 5.74) is 0. The van der Waals surface area contributed by atoms with E-state index >= 15 is 0 Å². The lowest BCUT2D eigenvalue weighted by molar-refractivity contribution is 0.203. The summed E-state index contributed by atoms with van der Waals surface area (Å²) in [6.07, 6.45) is 7.88. The van der Waals surface area contributed by atoms with Gasteiger partial charge in [-0.1, -0.05) is 5.92 Å². The molecule has 0 saturated carbocycles. The number of hydrogen-bond acceptors (Lipinski definition) is 4. The van der Waals surface area contributed by atoms with Crippen LogP contribution >= 0.6 is 11.3 Å². The van der Waals surface area contributed by atoms with E-state index in [1.807, 2.05) is 16.5 Å². The number of carbonyl (C=O) groups is 1. The molecule has 2 amide bonds. The number of nitrogens with zero attached hydrogens (tertiary/aromatic N) is 3. The van der Waals surface area contributed by atoms with E-state index in [-0.39, 0.29) is 12.6 Å². The van der Waals surface area contributed by atoms with Crippen molar-refractivity contribution in [2.45, 2.75) is 6.42 Å². The van der Waals surface area contributed by atoms with Crippen LogP contribution in [0.2, 0.25) is 0 Å². The largest absolute Gasteiger partial charge is 0.346 e. The zero-order valence-corrected chi connectivity index (χ0v) is 10.9. The second-order valence-corrected chi connectivity index (χ2v) is 4.88. The Morgan fingerprint density at radius 3 is 3.11 bits per heavy atom. The van der Waals surface area contributed by atoms with Crippen molar-refractivity contribution >= 4 is 22.5 Å². The van der Waals surface area contributed by atoms with Crippen LogP contribution in [0.4, 0.5) is 9.93 Å². The average molecular weight is 264 g/mol. The minimum atomic E-state index is -0.0751. The summed E-state index contributed by atoms with van der Waals surface area (Å²) >= 11 is 1.63. The molecule has 0 bridgehead atoms. The highest BCUT2D eigenvalue weighted by Gasteiger charge is 2.19. The molecule has 0 aromatic carbocycles. The van der Waals surface area contributed by atoms with Gasteiger partial charge in [-0.15, -0.1) is 17.8 Å². The van der Waals surface area contributed by atoms with Crippen molar-refractivity contribution in [3.63, 3.8) is 0 Å². The van der Waals surface area contributed by atoms with Crippen LogP contribution in [0.1, 0.15) is 6.42 Å². The zero-order valence-electron chi connectivity index (χ0n) is 10.1. The topological polar surface area (TPSA) is 48.5 Å². The Morgan fingerprint density at radius 2 is 2.39 bits per heavy atom. The molecule has 1 aromatic rings. The molecule has 2 heterocycles. The summed E-state index contributed by atoms with van der Waals surface area (Å²) < 4.78 is 0. The van der Waals surface area contributed by atoms with Crippen molar-refractivity contribution in [2.24, 2.45) is 0 Å². The van der Waals surface area contributed by atoms with Crippen LogP contribution in [0.25, 0.3) is 0 Å². The zero-order chi connectivity index (χ0) is 12.8. The molecule has 1 saturated heterocycles. The molecule has 1 aliphatic rings. The van der Waals surface area contributed by atoms with Crippen molar-refractivity contribution in [2.75, 3.05) is 37.6 Å². The van der Waals surface area contributed by atoms with Gasteiger partial charge in [-0.2, -0.15) is 0 Å². The lowest BCUT2D eigenvalue weighted by atomic mass is 10.4. The third-order valence-electron chi connectivity index (χ3n) is 2.81. The summed E-state index contributed by atoms with van der Waals surface area (Å²) in [7, 11) is 0. The predicted octanol–water partition coefficient (Wildman–Crippen LogP) is 0.998. The van der Waals surface area contributed by atoms with E-state index in [2.05, 4.69) is 21.1 Å². The Balaban J connectivity index is 1.89. The van der Waals surface area contributed by atoms with Gasteiger partial charge in [-0.25, -0.2) is 9.78 Å². The molecule has 0 spiro atoms. The van der Waals surface area contributed by atoms with Gasteiger partial charge in [0.2, 0.25) is 0 Å². The number of thiazole rings is 1. The van der Waals surface area contributed by atoms with Gasteiger partial charge in [0.25, 0.3) is 0 Å². The number of anilines is 1. The van der Waals surface area contributed by atoms with Crippen molar-refractivity contribution in [3.8, 4) is 12.3 Å². The normalized spacial score (nSPS) is 15.9. The first-order valence-corrected chi connectivity index (χ1v) is 6.80. The van der Waals surface area contributed by atoms with Crippen molar-refractivity contribution in [3.05, 3.63) is 11.6 Å². The Labute approximate surface area is 111 Å². The third kappa shape index (κ3) is 3.14. The van der Waals surface area contributed by atoms with E-state index in [4.69, 9.17) is 6.42 Å². The molecular weight excluding hydrogens is 248 g/mol. The lowest BCUT2D eigenvalue weighted by Crippen LogP contribution is -2.42. The van der Waals surface area contributed by atoms with Crippen molar-refractivity contribution < 1.29 is 4.79 Å². The third-order valence-corrected chi connectivity index (χ3v) is 3.65. The molecule has 0 aliphatic carbocycles. The highest BCUT2D eigenvalue weighted by Crippen LogP contribution is 2.18. The molecular formula is C12H16N4OS. The summed E-state index contributed by atoms with van der Waals surface area (Å²) in [6, 6.07) is -0.0751. The molecule has 1 aromatic heterocycles. The second-order valence-electron chi connectivity index (χ2n) is 4.01. The Bertz CT molecular complexity index is 426. The highest BCUT2D eigenvalue weighted by molar-refractivity contribution is 7.13. The van der Waals surface area contributed by atoms with Gasteiger partial charge in [0.05, 0.1) is 6.54 Å². The van der Waals surface area contributed by atoms with E-state index < -0.39 is 0 Å². The summed E-state index contributed by atoms with van der Waals surface area (Å²) in [5.74, 6) is 2.41. The van der Waals surface area contributed by atoms with Gasteiger partial charge < -0.3 is 15.1 Å². The van der Waals surface area contributed by atoms with E-state index in [1.54, 1.807) is 11.3 Å². The molecule has 0 unspecified atom stereocenters. The number of hydrogen-bond donors (Lipinski definition) is 1. The van der Waals surface area contributed by atoms with Gasteiger partial charge >= 0.3 is 6.03 Å². The molecule has 5 nitrogen and oxygen atoms in total. The van der Waals surface area contributed by atoms with E-state index in [9.17, 15) is 4.79 Å². The number of amides is 2. The summed E-state index contributed by atoms with van der Waals surface area (Å²) in [5, 5.41) is 5.70. The fraction of sp³-hybridized carbons (Fsp3) is 0.500. The number of carbonyl (C=O) groups excluding carboxylic acids is 1. The van der Waals surface area contributed by atoms with Crippen LogP contribution in [-0.2, 0) is 0 Å². The molecule has 6 heteroatoms. The van der Waals surface area contributed by atoms with Crippen LogP contribution in [-0.4, -0.2) is 48.6 Å². The fourth-order valence-corrected chi connectivity index (χ4v) is 2.62. The van der Waals surface area contributed by atoms with Crippen LogP contribution < -0.4 is 10.2 Å². The van der Waals surface area contributed by atoms with Gasteiger partial charge in [-0.05, 0) is 6.42 Å². The maximum absolute atomic E-state index is 11.8. The monoisotopic (exact) mass is 264 g/mol. The number of rotatable bonds is 2. The Hall–Kier alpha value is -1.74. The summed E-state index contributed by atoms with van der Waals surface area (Å²) in [6.45, 7) is 3.50. The molecule has 1 fully saturated rings. The standard InChI is InChI=1S/C12H16N4OS/c1-2-4-13-11(17)15-6-3-7-16(9-8-15)12-14-5-10-18-12/h1,5,10H,3-4,6-9H2,(H,13,17). The van der Waals surface area contributed by atoms with Crippen molar-refractivity contribution in [1.29, 1.82) is 0 Å². The molecule has 1 aliphatic heterocycles. The summed E-state index contributed by atoms with van der Waals surface area (Å²) in [4.78, 5) is 20.1. The molecule has 0 radical (unpaired) electrons. The highest BCUT2D eigenvalue weighted by atomic mass is 32.1. The molecule has 2 rings (SSSR count). The average Bonchev–Trinajstić information content (AvgIpc) is 2.80.